The number of amides is 1. The molecular weight excluding hydrogens is 168 g/mol. The van der Waals surface area contributed by atoms with Gasteiger partial charge >= 0.3 is 0 Å². The molecule has 13 heavy (non-hydrogen) atoms. The molecular formula is C8H12N4O. The van der Waals surface area contributed by atoms with Gasteiger partial charge in [-0.25, -0.2) is 4.98 Å². The third-order valence-corrected chi connectivity index (χ3v) is 2.21. The summed E-state index contributed by atoms with van der Waals surface area (Å²) in [5, 5.41) is 6.24. The molecule has 0 aliphatic heterocycles. The van der Waals surface area contributed by atoms with Gasteiger partial charge in [-0.1, -0.05) is 0 Å². The van der Waals surface area contributed by atoms with Crippen LogP contribution in [0.1, 0.15) is 30.4 Å². The van der Waals surface area contributed by atoms with Crippen LogP contribution in [0.15, 0.2) is 6.33 Å². The van der Waals surface area contributed by atoms with Crippen LogP contribution < -0.4 is 0 Å². The van der Waals surface area contributed by atoms with Crippen LogP contribution in [0.3, 0.4) is 0 Å². The van der Waals surface area contributed by atoms with E-state index < -0.39 is 0 Å². The van der Waals surface area contributed by atoms with Crippen molar-refractivity contribution in [1.29, 1.82) is 0 Å². The van der Waals surface area contributed by atoms with Crippen LogP contribution in [-0.4, -0.2) is 38.6 Å². The molecule has 70 valence electrons. The Balaban J connectivity index is 2.10. The fraction of sp³-hybridized carbons (Fsp3) is 0.625. The normalized spacial score (nSPS) is 15.8. The minimum atomic E-state index is -0.0394. The summed E-state index contributed by atoms with van der Waals surface area (Å²) in [5.41, 5.74) is 0. The standard InChI is InChI=1S/C8H12N4O/c1-2-12(6-3-4-6)8(13)7-9-5-10-11-7/h5-6H,2-4H2,1H3,(H,9,10,11). The molecule has 1 amide bonds. The first-order valence-corrected chi connectivity index (χ1v) is 4.49. The molecule has 0 atom stereocenters. The van der Waals surface area contributed by atoms with Gasteiger partial charge in [0.05, 0.1) is 0 Å². The molecule has 0 radical (unpaired) electrons. The summed E-state index contributed by atoms with van der Waals surface area (Å²) in [6, 6.07) is 0.433. The van der Waals surface area contributed by atoms with E-state index in [1.54, 1.807) is 0 Å². The number of nitrogens with zero attached hydrogens (tertiary/aromatic N) is 3. The number of hydrogen-bond donors (Lipinski definition) is 1. The summed E-state index contributed by atoms with van der Waals surface area (Å²) in [7, 11) is 0. The lowest BCUT2D eigenvalue weighted by atomic mass is 10.4. The van der Waals surface area contributed by atoms with Crippen LogP contribution in [-0.2, 0) is 0 Å². The van der Waals surface area contributed by atoms with Crippen LogP contribution in [0.5, 0.6) is 0 Å². The van der Waals surface area contributed by atoms with Gasteiger partial charge in [-0.2, -0.15) is 5.10 Å². The van der Waals surface area contributed by atoms with E-state index in [-0.39, 0.29) is 5.91 Å². The third kappa shape index (κ3) is 1.54. The molecule has 1 saturated carbocycles. The Kier molecular flexibility index (Phi) is 2.00. The number of carbonyl (C=O) groups excluding carboxylic acids is 1. The van der Waals surface area contributed by atoms with E-state index in [0.29, 0.717) is 11.9 Å². The molecule has 1 aromatic heterocycles. The van der Waals surface area contributed by atoms with Gasteiger partial charge in [0, 0.05) is 12.6 Å². The number of H-pyrrole nitrogens is 1. The zero-order valence-corrected chi connectivity index (χ0v) is 7.53. The van der Waals surface area contributed by atoms with Gasteiger partial charge in [0.25, 0.3) is 5.91 Å². The second-order valence-electron chi connectivity index (χ2n) is 3.16. The van der Waals surface area contributed by atoms with Gasteiger partial charge in [-0.15, -0.1) is 0 Å². The predicted octanol–water partition coefficient (Wildman–Crippen LogP) is 0.429. The number of nitrogens with one attached hydrogen (secondary N) is 1. The topological polar surface area (TPSA) is 61.9 Å². The Bertz CT molecular complexity index is 291. The van der Waals surface area contributed by atoms with E-state index in [2.05, 4.69) is 15.2 Å². The van der Waals surface area contributed by atoms with Crippen molar-refractivity contribution in [1.82, 2.24) is 20.1 Å². The maximum absolute atomic E-state index is 11.7. The first-order chi connectivity index (χ1) is 6.33. The summed E-state index contributed by atoms with van der Waals surface area (Å²) in [5.74, 6) is 0.302. The molecule has 0 spiro atoms. The minimum Gasteiger partial charge on any atom is -0.333 e. The number of carbonyl (C=O) groups is 1. The van der Waals surface area contributed by atoms with Crippen molar-refractivity contribution in [2.75, 3.05) is 6.54 Å². The first-order valence-electron chi connectivity index (χ1n) is 4.49. The summed E-state index contributed by atoms with van der Waals surface area (Å²) in [6.07, 6.45) is 3.59. The summed E-state index contributed by atoms with van der Waals surface area (Å²) in [6.45, 7) is 2.72. The molecule has 0 aromatic carbocycles. The van der Waals surface area contributed by atoms with Crippen molar-refractivity contribution in [2.45, 2.75) is 25.8 Å². The number of aromatic nitrogens is 3. The highest BCUT2D eigenvalue weighted by molar-refractivity contribution is 5.90. The van der Waals surface area contributed by atoms with Crippen LogP contribution in [0.25, 0.3) is 0 Å². The molecule has 0 saturated heterocycles. The third-order valence-electron chi connectivity index (χ3n) is 2.21. The van der Waals surface area contributed by atoms with Gasteiger partial charge in [0.2, 0.25) is 5.82 Å². The quantitative estimate of drug-likeness (QED) is 0.733. The van der Waals surface area contributed by atoms with Crippen molar-refractivity contribution < 1.29 is 4.79 Å². The Morgan fingerprint density at radius 3 is 3.00 bits per heavy atom. The molecule has 1 aromatic rings. The molecule has 5 nitrogen and oxygen atoms in total. The molecule has 0 bridgehead atoms. The molecule has 1 N–H and O–H groups in total. The lowest BCUT2D eigenvalue weighted by Gasteiger charge is -2.18. The fourth-order valence-corrected chi connectivity index (χ4v) is 1.40. The maximum Gasteiger partial charge on any atom is 0.291 e. The summed E-state index contributed by atoms with van der Waals surface area (Å²) >= 11 is 0. The molecule has 0 unspecified atom stereocenters. The van der Waals surface area contributed by atoms with E-state index in [9.17, 15) is 4.79 Å². The van der Waals surface area contributed by atoms with Gasteiger partial charge < -0.3 is 4.90 Å². The lowest BCUT2D eigenvalue weighted by molar-refractivity contribution is 0.0740. The van der Waals surface area contributed by atoms with Crippen LogP contribution in [0.4, 0.5) is 0 Å². The minimum absolute atomic E-state index is 0.0394. The highest BCUT2D eigenvalue weighted by atomic mass is 16.2. The Morgan fingerprint density at radius 2 is 2.54 bits per heavy atom. The Labute approximate surface area is 76.2 Å². The number of hydrogen-bond acceptors (Lipinski definition) is 3. The first kappa shape index (κ1) is 8.22. The molecule has 2 rings (SSSR count). The fourth-order valence-electron chi connectivity index (χ4n) is 1.40. The SMILES string of the molecule is CCN(C(=O)c1ncn[nH]1)C1CC1. The lowest BCUT2D eigenvalue weighted by Crippen LogP contribution is -2.33. The molecule has 5 heteroatoms. The highest BCUT2D eigenvalue weighted by Gasteiger charge is 2.32. The zero-order valence-electron chi connectivity index (χ0n) is 7.53. The van der Waals surface area contributed by atoms with Gasteiger partial charge in [-0.05, 0) is 19.8 Å². The second-order valence-corrected chi connectivity index (χ2v) is 3.16. The van der Waals surface area contributed by atoms with Gasteiger partial charge in [-0.3, -0.25) is 9.89 Å². The summed E-state index contributed by atoms with van der Waals surface area (Å²) < 4.78 is 0. The van der Waals surface area contributed by atoms with Crippen LogP contribution in [0.2, 0.25) is 0 Å². The molecule has 1 aliphatic carbocycles. The Morgan fingerprint density at radius 1 is 1.77 bits per heavy atom. The van der Waals surface area contributed by atoms with Crippen molar-refractivity contribution in [2.24, 2.45) is 0 Å². The van der Waals surface area contributed by atoms with Gasteiger partial charge in [0.1, 0.15) is 6.33 Å². The highest BCUT2D eigenvalue weighted by Crippen LogP contribution is 2.27. The maximum atomic E-state index is 11.7. The van der Waals surface area contributed by atoms with Crippen molar-refractivity contribution in [3.63, 3.8) is 0 Å². The van der Waals surface area contributed by atoms with Crippen LogP contribution >= 0.6 is 0 Å². The molecule has 1 fully saturated rings. The van der Waals surface area contributed by atoms with E-state index in [0.717, 1.165) is 19.4 Å². The Hall–Kier alpha value is -1.39. The molecule has 1 aliphatic rings. The largest absolute Gasteiger partial charge is 0.333 e. The van der Waals surface area contributed by atoms with E-state index in [1.165, 1.54) is 6.33 Å². The number of aromatic amines is 1. The monoisotopic (exact) mass is 180 g/mol. The predicted molar refractivity (Wildman–Crippen MR) is 46.1 cm³/mol. The van der Waals surface area contributed by atoms with E-state index >= 15 is 0 Å². The van der Waals surface area contributed by atoms with Crippen molar-refractivity contribution in [3.05, 3.63) is 12.2 Å². The zero-order chi connectivity index (χ0) is 9.26. The van der Waals surface area contributed by atoms with E-state index in [4.69, 9.17) is 0 Å². The molecule has 1 heterocycles. The smallest absolute Gasteiger partial charge is 0.291 e. The second kappa shape index (κ2) is 3.16. The van der Waals surface area contributed by atoms with Crippen molar-refractivity contribution >= 4 is 5.91 Å². The average Bonchev–Trinajstić information content (AvgIpc) is 2.83. The van der Waals surface area contributed by atoms with Gasteiger partial charge in [0.15, 0.2) is 0 Å². The van der Waals surface area contributed by atoms with Crippen LogP contribution in [0, 0.1) is 0 Å². The van der Waals surface area contributed by atoms with Crippen molar-refractivity contribution in [3.8, 4) is 0 Å². The number of rotatable bonds is 3. The average molecular weight is 180 g/mol. The summed E-state index contributed by atoms with van der Waals surface area (Å²) in [4.78, 5) is 17.4. The van der Waals surface area contributed by atoms with E-state index in [1.807, 2.05) is 11.8 Å².